The molecule has 0 aromatic heterocycles. The Kier molecular flexibility index (Phi) is 6.47. The van der Waals surface area contributed by atoms with Gasteiger partial charge in [-0.15, -0.1) is 0 Å². The summed E-state index contributed by atoms with van der Waals surface area (Å²) in [6.45, 7) is 0.0980. The minimum absolute atomic E-state index is 0.0980. The van der Waals surface area contributed by atoms with Crippen LogP contribution < -0.4 is 5.32 Å². The maximum Gasteiger partial charge on any atom is 0.329 e. The van der Waals surface area contributed by atoms with Crippen LogP contribution in [0, 0.1) is 0 Å². The van der Waals surface area contributed by atoms with Gasteiger partial charge in [0.15, 0.2) is 11.5 Å². The Bertz CT molecular complexity index is 973. The Hall–Kier alpha value is -3.80. The zero-order valence-corrected chi connectivity index (χ0v) is 15.6. The summed E-state index contributed by atoms with van der Waals surface area (Å²) in [5.74, 6) is -1.86. The largest absolute Gasteiger partial charge is 0.504 e. The second-order valence-electron chi connectivity index (χ2n) is 6.51. The summed E-state index contributed by atoms with van der Waals surface area (Å²) in [6.07, 6.45) is 0.254. The number of ether oxygens (including phenoxy) is 1. The highest BCUT2D eigenvalue weighted by Crippen LogP contribution is 2.24. The van der Waals surface area contributed by atoms with Gasteiger partial charge in [0.2, 0.25) is 0 Å². The Morgan fingerprint density at radius 2 is 1.45 bits per heavy atom. The van der Waals surface area contributed by atoms with E-state index in [4.69, 9.17) is 4.74 Å². The first kappa shape index (κ1) is 19.9. The van der Waals surface area contributed by atoms with Gasteiger partial charge in [-0.05, 0) is 29.3 Å². The lowest BCUT2D eigenvalue weighted by atomic mass is 10.1. The average Bonchev–Trinajstić information content (AvgIpc) is 2.75. The first-order valence-corrected chi connectivity index (χ1v) is 9.10. The molecule has 0 saturated heterocycles. The molecule has 29 heavy (non-hydrogen) atoms. The molecule has 6 heteroatoms. The molecule has 0 saturated carbocycles. The second-order valence-corrected chi connectivity index (χ2v) is 6.51. The van der Waals surface area contributed by atoms with E-state index in [1.165, 1.54) is 12.1 Å². The first-order chi connectivity index (χ1) is 14.0. The maximum atomic E-state index is 12.7. The van der Waals surface area contributed by atoms with Crippen molar-refractivity contribution in [2.45, 2.75) is 19.1 Å². The molecule has 148 valence electrons. The normalized spacial score (nSPS) is 11.4. The van der Waals surface area contributed by atoms with Crippen LogP contribution in [0.5, 0.6) is 11.5 Å². The monoisotopic (exact) mass is 391 g/mol. The van der Waals surface area contributed by atoms with Crippen molar-refractivity contribution < 1.29 is 24.5 Å². The summed E-state index contributed by atoms with van der Waals surface area (Å²) in [4.78, 5) is 25.3. The standard InChI is InChI=1S/C23H21NO5/c25-20-12-11-18(14-21(20)26)22(27)24-19(13-16-7-3-1-4-8-16)23(28)29-15-17-9-5-2-6-10-17/h1-12,14,19,25-26H,13,15H2,(H,24,27)/t19-/m0/s1. The number of aromatic hydroxyl groups is 2. The zero-order chi connectivity index (χ0) is 20.6. The van der Waals surface area contributed by atoms with Crippen LogP contribution in [-0.2, 0) is 22.6 Å². The summed E-state index contributed by atoms with van der Waals surface area (Å²) in [6, 6.07) is 21.3. The third-order valence-electron chi connectivity index (χ3n) is 4.33. The molecule has 0 aliphatic rings. The Labute approximate surface area is 168 Å². The summed E-state index contributed by atoms with van der Waals surface area (Å²) < 4.78 is 5.40. The van der Waals surface area contributed by atoms with Gasteiger partial charge in [0.1, 0.15) is 12.6 Å². The summed E-state index contributed by atoms with van der Waals surface area (Å²) >= 11 is 0. The van der Waals surface area contributed by atoms with E-state index in [1.54, 1.807) is 0 Å². The number of hydrogen-bond donors (Lipinski definition) is 3. The molecule has 1 atom stereocenters. The van der Waals surface area contributed by atoms with Crippen LogP contribution in [0.1, 0.15) is 21.5 Å². The molecule has 0 bridgehead atoms. The predicted octanol–water partition coefficient (Wildman–Crippen LogP) is 3.18. The molecule has 0 unspecified atom stereocenters. The van der Waals surface area contributed by atoms with Gasteiger partial charge in [0.25, 0.3) is 5.91 Å². The molecule has 3 aromatic carbocycles. The van der Waals surface area contributed by atoms with Crippen molar-refractivity contribution in [1.29, 1.82) is 0 Å². The van der Waals surface area contributed by atoms with Gasteiger partial charge in [0, 0.05) is 12.0 Å². The molecular weight excluding hydrogens is 370 g/mol. The summed E-state index contributed by atoms with van der Waals surface area (Å²) in [5.41, 5.74) is 1.83. The van der Waals surface area contributed by atoms with E-state index >= 15 is 0 Å². The lowest BCUT2D eigenvalue weighted by Crippen LogP contribution is -2.43. The van der Waals surface area contributed by atoms with E-state index < -0.39 is 23.7 Å². The highest BCUT2D eigenvalue weighted by Gasteiger charge is 2.24. The van der Waals surface area contributed by atoms with Crippen molar-refractivity contribution in [3.63, 3.8) is 0 Å². The fraction of sp³-hybridized carbons (Fsp3) is 0.130. The van der Waals surface area contributed by atoms with Crippen molar-refractivity contribution in [3.8, 4) is 11.5 Å². The Morgan fingerprint density at radius 3 is 2.07 bits per heavy atom. The number of hydrogen-bond acceptors (Lipinski definition) is 5. The fourth-order valence-electron chi connectivity index (χ4n) is 2.78. The molecule has 0 aliphatic carbocycles. The predicted molar refractivity (Wildman–Crippen MR) is 107 cm³/mol. The number of carbonyl (C=O) groups excluding carboxylic acids is 2. The van der Waals surface area contributed by atoms with Gasteiger partial charge in [-0.25, -0.2) is 4.79 Å². The average molecular weight is 391 g/mol. The molecule has 3 N–H and O–H groups in total. The van der Waals surface area contributed by atoms with E-state index in [0.29, 0.717) is 0 Å². The van der Waals surface area contributed by atoms with Crippen molar-refractivity contribution >= 4 is 11.9 Å². The highest BCUT2D eigenvalue weighted by molar-refractivity contribution is 5.97. The van der Waals surface area contributed by atoms with Gasteiger partial charge in [-0.3, -0.25) is 4.79 Å². The molecule has 0 radical (unpaired) electrons. The van der Waals surface area contributed by atoms with Crippen molar-refractivity contribution in [1.82, 2.24) is 5.32 Å². The molecule has 3 rings (SSSR count). The molecule has 1 amide bonds. The second kappa shape index (κ2) is 9.41. The van der Waals surface area contributed by atoms with Crippen LogP contribution in [0.4, 0.5) is 0 Å². The highest BCUT2D eigenvalue weighted by atomic mass is 16.5. The molecule has 6 nitrogen and oxygen atoms in total. The smallest absolute Gasteiger partial charge is 0.329 e. The SMILES string of the molecule is O=C(N[C@@H](Cc1ccccc1)C(=O)OCc1ccccc1)c1ccc(O)c(O)c1. The number of esters is 1. The minimum atomic E-state index is -0.912. The van der Waals surface area contributed by atoms with Crippen molar-refractivity contribution in [3.05, 3.63) is 95.6 Å². The minimum Gasteiger partial charge on any atom is -0.504 e. The van der Waals surface area contributed by atoms with Crippen LogP contribution in [0.3, 0.4) is 0 Å². The Morgan fingerprint density at radius 1 is 0.828 bits per heavy atom. The summed E-state index contributed by atoms with van der Waals surface area (Å²) in [5, 5.41) is 21.7. The molecule has 0 spiro atoms. The number of phenolic OH excluding ortho intramolecular Hbond substituents is 2. The number of carbonyl (C=O) groups is 2. The molecule has 0 fully saturated rings. The van der Waals surface area contributed by atoms with Crippen LogP contribution in [0.25, 0.3) is 0 Å². The van der Waals surface area contributed by atoms with E-state index in [1.807, 2.05) is 60.7 Å². The molecule has 0 heterocycles. The lowest BCUT2D eigenvalue weighted by molar-refractivity contribution is -0.147. The fourth-order valence-corrected chi connectivity index (χ4v) is 2.78. The molecule has 0 aliphatic heterocycles. The van der Waals surface area contributed by atoms with E-state index in [0.717, 1.165) is 17.2 Å². The summed E-state index contributed by atoms with van der Waals surface area (Å²) in [7, 11) is 0. The topological polar surface area (TPSA) is 95.9 Å². The number of phenols is 2. The number of rotatable bonds is 7. The van der Waals surface area contributed by atoms with Gasteiger partial charge in [-0.2, -0.15) is 0 Å². The van der Waals surface area contributed by atoms with E-state index in [-0.39, 0.29) is 24.3 Å². The number of benzene rings is 3. The van der Waals surface area contributed by atoms with Gasteiger partial charge in [0.05, 0.1) is 0 Å². The van der Waals surface area contributed by atoms with E-state index in [2.05, 4.69) is 5.32 Å². The maximum absolute atomic E-state index is 12.7. The lowest BCUT2D eigenvalue weighted by Gasteiger charge is -2.18. The quantitative estimate of drug-likeness (QED) is 0.425. The van der Waals surface area contributed by atoms with Crippen LogP contribution in [0.15, 0.2) is 78.9 Å². The first-order valence-electron chi connectivity index (χ1n) is 9.10. The zero-order valence-electron chi connectivity index (χ0n) is 15.6. The van der Waals surface area contributed by atoms with Crippen LogP contribution >= 0.6 is 0 Å². The van der Waals surface area contributed by atoms with Gasteiger partial charge < -0.3 is 20.3 Å². The number of amides is 1. The van der Waals surface area contributed by atoms with Gasteiger partial charge in [-0.1, -0.05) is 60.7 Å². The number of nitrogens with one attached hydrogen (secondary N) is 1. The van der Waals surface area contributed by atoms with Crippen molar-refractivity contribution in [2.75, 3.05) is 0 Å². The van der Waals surface area contributed by atoms with Gasteiger partial charge >= 0.3 is 5.97 Å². The van der Waals surface area contributed by atoms with Crippen molar-refractivity contribution in [2.24, 2.45) is 0 Å². The van der Waals surface area contributed by atoms with E-state index in [9.17, 15) is 19.8 Å². The molecular formula is C23H21NO5. The Balaban J connectivity index is 1.73. The molecule has 3 aromatic rings. The third kappa shape index (κ3) is 5.59. The third-order valence-corrected chi connectivity index (χ3v) is 4.33. The van der Waals surface area contributed by atoms with Crippen LogP contribution in [0.2, 0.25) is 0 Å². The van der Waals surface area contributed by atoms with Crippen LogP contribution in [-0.4, -0.2) is 28.1 Å².